The molecule has 1 unspecified atom stereocenters. The molecule has 1 aromatic rings. The summed E-state index contributed by atoms with van der Waals surface area (Å²) < 4.78 is 25.1. The van der Waals surface area contributed by atoms with Gasteiger partial charge in [0.1, 0.15) is 11.1 Å². The van der Waals surface area contributed by atoms with E-state index in [0.717, 1.165) is 6.26 Å². The number of sulfone groups is 1. The number of aryl methyl sites for hydroxylation is 2. The summed E-state index contributed by atoms with van der Waals surface area (Å²) >= 11 is 1.53. The molecule has 112 valence electrons. The monoisotopic (exact) mass is 318 g/mol. The van der Waals surface area contributed by atoms with E-state index in [4.69, 9.17) is 5.73 Å². The highest BCUT2D eigenvalue weighted by Gasteiger charge is 2.36. The van der Waals surface area contributed by atoms with Gasteiger partial charge in [0.2, 0.25) is 0 Å². The molecule has 1 aromatic heterocycles. The normalized spacial score (nSPS) is 20.1. The van der Waals surface area contributed by atoms with E-state index in [-0.39, 0.29) is 11.6 Å². The summed E-state index contributed by atoms with van der Waals surface area (Å²) in [6.07, 6.45) is 1.15. The van der Waals surface area contributed by atoms with Crippen LogP contribution in [0, 0.1) is 6.92 Å². The van der Waals surface area contributed by atoms with Crippen LogP contribution < -0.4 is 5.73 Å². The Balaban J connectivity index is 2.40. The summed E-state index contributed by atoms with van der Waals surface area (Å²) in [5, 5.41) is 3.30. The Morgan fingerprint density at radius 3 is 2.65 bits per heavy atom. The number of nitrogen functional groups attached to an aromatic ring is 1. The van der Waals surface area contributed by atoms with Crippen LogP contribution in [0.25, 0.3) is 0 Å². The molecule has 0 radical (unpaired) electrons. The van der Waals surface area contributed by atoms with Gasteiger partial charge in [0.05, 0.1) is 11.4 Å². The van der Waals surface area contributed by atoms with E-state index in [1.807, 2.05) is 0 Å². The number of aromatic nitrogens is 2. The lowest BCUT2D eigenvalue weighted by atomic mass is 10.2. The minimum Gasteiger partial charge on any atom is -0.395 e. The number of hydrogen-bond acceptors (Lipinski definition) is 6. The van der Waals surface area contributed by atoms with Crippen LogP contribution in [0.2, 0.25) is 0 Å². The summed E-state index contributed by atoms with van der Waals surface area (Å²) in [5.74, 6) is 0.733. The van der Waals surface area contributed by atoms with Crippen LogP contribution in [0.15, 0.2) is 0 Å². The van der Waals surface area contributed by atoms with Gasteiger partial charge in [-0.25, -0.2) is 8.42 Å². The topological polar surface area (TPSA) is 98.3 Å². The second-order valence-electron chi connectivity index (χ2n) is 4.83. The fourth-order valence-electron chi connectivity index (χ4n) is 2.23. The second kappa shape index (κ2) is 5.28. The first kappa shape index (κ1) is 15.2. The first-order chi connectivity index (χ1) is 9.23. The number of amides is 1. The number of rotatable bonds is 2. The van der Waals surface area contributed by atoms with Crippen molar-refractivity contribution in [2.75, 3.05) is 30.0 Å². The third kappa shape index (κ3) is 2.64. The van der Waals surface area contributed by atoms with Crippen molar-refractivity contribution >= 4 is 33.2 Å². The Morgan fingerprint density at radius 1 is 1.50 bits per heavy atom. The first-order valence-electron chi connectivity index (χ1n) is 6.10. The average Bonchev–Trinajstić information content (AvgIpc) is 2.61. The molecule has 0 spiro atoms. The molecular weight excluding hydrogens is 300 g/mol. The van der Waals surface area contributed by atoms with Crippen LogP contribution in [-0.4, -0.2) is 58.7 Å². The Hall–Kier alpha value is -1.22. The van der Waals surface area contributed by atoms with Crippen molar-refractivity contribution in [2.24, 2.45) is 7.05 Å². The molecule has 1 fully saturated rings. The van der Waals surface area contributed by atoms with Gasteiger partial charge in [-0.2, -0.15) is 16.9 Å². The van der Waals surface area contributed by atoms with E-state index in [9.17, 15) is 13.2 Å². The molecule has 1 amide bonds. The van der Waals surface area contributed by atoms with E-state index in [2.05, 4.69) is 5.10 Å². The minimum atomic E-state index is -3.33. The highest BCUT2D eigenvalue weighted by Crippen LogP contribution is 2.25. The van der Waals surface area contributed by atoms with Crippen molar-refractivity contribution in [1.29, 1.82) is 0 Å². The van der Waals surface area contributed by atoms with Crippen LogP contribution in [-0.2, 0) is 16.9 Å². The van der Waals surface area contributed by atoms with E-state index in [1.165, 1.54) is 21.3 Å². The molecule has 7 nitrogen and oxygen atoms in total. The van der Waals surface area contributed by atoms with Crippen molar-refractivity contribution in [1.82, 2.24) is 14.7 Å². The van der Waals surface area contributed by atoms with Crippen molar-refractivity contribution in [3.63, 3.8) is 0 Å². The van der Waals surface area contributed by atoms with Crippen molar-refractivity contribution in [2.45, 2.75) is 12.3 Å². The Kier molecular flexibility index (Phi) is 4.01. The van der Waals surface area contributed by atoms with Gasteiger partial charge in [-0.1, -0.05) is 0 Å². The van der Waals surface area contributed by atoms with E-state index < -0.39 is 15.2 Å². The number of carbonyl (C=O) groups is 1. The summed E-state index contributed by atoms with van der Waals surface area (Å²) in [7, 11) is -1.70. The lowest BCUT2D eigenvalue weighted by Crippen LogP contribution is -2.50. The standard InChI is InChI=1S/C11H18N4O3S2/c1-7-9(12)10(14(2)13-7)11(16)15-4-5-19-6-8(15)20(3,17)18/h8H,4-6,12H2,1-3H3. The first-order valence-corrected chi connectivity index (χ1v) is 9.21. The number of anilines is 1. The van der Waals surface area contributed by atoms with Crippen LogP contribution in [0.5, 0.6) is 0 Å². The molecule has 1 aliphatic heterocycles. The molecule has 1 atom stereocenters. The van der Waals surface area contributed by atoms with E-state index >= 15 is 0 Å². The van der Waals surface area contributed by atoms with Gasteiger partial charge in [-0.3, -0.25) is 9.48 Å². The quantitative estimate of drug-likeness (QED) is 0.815. The second-order valence-corrected chi connectivity index (χ2v) is 8.18. The zero-order valence-corrected chi connectivity index (χ0v) is 13.3. The predicted octanol–water partition coefficient (Wildman–Crippen LogP) is -0.130. The van der Waals surface area contributed by atoms with E-state index in [1.54, 1.807) is 14.0 Å². The number of nitrogens with two attached hydrogens (primary N) is 1. The van der Waals surface area contributed by atoms with Crippen LogP contribution in [0.3, 0.4) is 0 Å². The Labute approximate surface area is 122 Å². The highest BCUT2D eigenvalue weighted by atomic mass is 32.2. The fraction of sp³-hybridized carbons (Fsp3) is 0.636. The maximum absolute atomic E-state index is 12.6. The molecule has 20 heavy (non-hydrogen) atoms. The Bertz CT molecular complexity index is 638. The molecule has 0 aromatic carbocycles. The van der Waals surface area contributed by atoms with Crippen molar-refractivity contribution < 1.29 is 13.2 Å². The molecular formula is C11H18N4O3S2. The number of nitrogens with zero attached hydrogens (tertiary/aromatic N) is 3. The van der Waals surface area contributed by atoms with Gasteiger partial charge in [0, 0.05) is 31.4 Å². The largest absolute Gasteiger partial charge is 0.395 e. The SMILES string of the molecule is Cc1nn(C)c(C(=O)N2CCSCC2S(C)(=O)=O)c1N. The molecule has 0 aliphatic carbocycles. The third-order valence-corrected chi connectivity index (χ3v) is 5.95. The number of thioether (sulfide) groups is 1. The van der Waals surface area contributed by atoms with Gasteiger partial charge in [-0.05, 0) is 6.92 Å². The molecule has 0 saturated carbocycles. The summed E-state index contributed by atoms with van der Waals surface area (Å²) in [6, 6.07) is 0. The maximum atomic E-state index is 12.6. The van der Waals surface area contributed by atoms with E-state index in [0.29, 0.717) is 29.4 Å². The number of hydrogen-bond donors (Lipinski definition) is 1. The Morgan fingerprint density at radius 2 is 2.15 bits per heavy atom. The van der Waals surface area contributed by atoms with Crippen LogP contribution >= 0.6 is 11.8 Å². The maximum Gasteiger partial charge on any atom is 0.275 e. The molecule has 9 heteroatoms. The van der Waals surface area contributed by atoms with Crippen LogP contribution in [0.4, 0.5) is 5.69 Å². The molecule has 2 rings (SSSR count). The summed E-state index contributed by atoms with van der Waals surface area (Å²) in [5.41, 5.74) is 7.01. The lowest BCUT2D eigenvalue weighted by Gasteiger charge is -2.34. The smallest absolute Gasteiger partial charge is 0.275 e. The third-order valence-electron chi connectivity index (χ3n) is 3.31. The lowest BCUT2D eigenvalue weighted by molar-refractivity contribution is 0.0739. The minimum absolute atomic E-state index is 0.253. The average molecular weight is 318 g/mol. The van der Waals surface area contributed by atoms with Crippen molar-refractivity contribution in [3.8, 4) is 0 Å². The molecule has 1 saturated heterocycles. The van der Waals surface area contributed by atoms with Gasteiger partial charge in [0.15, 0.2) is 9.84 Å². The molecule has 2 N–H and O–H groups in total. The summed E-state index contributed by atoms with van der Waals surface area (Å²) in [4.78, 5) is 14.0. The van der Waals surface area contributed by atoms with Crippen LogP contribution in [0.1, 0.15) is 16.2 Å². The van der Waals surface area contributed by atoms with Gasteiger partial charge in [-0.15, -0.1) is 0 Å². The zero-order valence-electron chi connectivity index (χ0n) is 11.7. The molecule has 1 aliphatic rings. The van der Waals surface area contributed by atoms with Crippen molar-refractivity contribution in [3.05, 3.63) is 11.4 Å². The zero-order chi connectivity index (χ0) is 15.1. The number of carbonyl (C=O) groups excluding carboxylic acids is 1. The summed E-state index contributed by atoms with van der Waals surface area (Å²) in [6.45, 7) is 2.11. The highest BCUT2D eigenvalue weighted by molar-refractivity contribution is 8.00. The predicted molar refractivity (Wildman–Crippen MR) is 79.4 cm³/mol. The van der Waals surface area contributed by atoms with Gasteiger partial charge >= 0.3 is 0 Å². The van der Waals surface area contributed by atoms with Gasteiger partial charge < -0.3 is 10.6 Å². The fourth-order valence-corrected chi connectivity index (χ4v) is 5.05. The van der Waals surface area contributed by atoms with Gasteiger partial charge in [0.25, 0.3) is 5.91 Å². The molecule has 0 bridgehead atoms. The molecule has 2 heterocycles.